The number of rotatable bonds is 3. The summed E-state index contributed by atoms with van der Waals surface area (Å²) >= 11 is 0. The van der Waals surface area contributed by atoms with E-state index in [9.17, 15) is 9.59 Å². The summed E-state index contributed by atoms with van der Waals surface area (Å²) in [4.78, 5) is 27.0. The fraction of sp³-hybridized carbons (Fsp3) is 0.300. The molecule has 2 aromatic carbocycles. The van der Waals surface area contributed by atoms with Gasteiger partial charge in [-0.15, -0.1) is 0 Å². The Morgan fingerprint density at radius 1 is 1.00 bits per heavy atom. The minimum Gasteiger partial charge on any atom is -0.496 e. The third-order valence-corrected chi connectivity index (χ3v) is 5.13. The fourth-order valence-corrected chi connectivity index (χ4v) is 4.00. The van der Waals surface area contributed by atoms with Gasteiger partial charge >= 0.3 is 0 Å². The van der Waals surface area contributed by atoms with Gasteiger partial charge in [0, 0.05) is 17.9 Å². The van der Waals surface area contributed by atoms with E-state index in [2.05, 4.69) is 0 Å². The first kappa shape index (κ1) is 14.9. The van der Waals surface area contributed by atoms with Crippen LogP contribution < -0.4 is 4.74 Å². The highest BCUT2D eigenvalue weighted by atomic mass is 16.5. The molecule has 0 radical (unpaired) electrons. The van der Waals surface area contributed by atoms with Crippen molar-refractivity contribution in [2.45, 2.75) is 25.3 Å². The van der Waals surface area contributed by atoms with Gasteiger partial charge in [-0.25, -0.2) is 0 Å². The first-order valence-corrected chi connectivity index (χ1v) is 8.23. The standard InChI is InChI=1S/C20H19NO3/c1-24-17-9-5-8-14-10-16-15(19(14)17)11-18(22)21(20(16)23)12-13-6-3-2-4-7-13/h2-9,15-16H,10-12H2,1H3. The molecule has 4 rings (SSSR count). The van der Waals surface area contributed by atoms with E-state index in [1.807, 2.05) is 48.5 Å². The van der Waals surface area contributed by atoms with Gasteiger partial charge in [0.1, 0.15) is 5.75 Å². The smallest absolute Gasteiger partial charge is 0.233 e. The Bertz CT molecular complexity index is 800. The number of benzene rings is 2. The average molecular weight is 321 g/mol. The number of amides is 2. The van der Waals surface area contributed by atoms with E-state index in [4.69, 9.17) is 4.74 Å². The van der Waals surface area contributed by atoms with Crippen LogP contribution in [0, 0.1) is 5.92 Å². The van der Waals surface area contributed by atoms with E-state index in [0.717, 1.165) is 22.4 Å². The van der Waals surface area contributed by atoms with Crippen molar-refractivity contribution in [2.75, 3.05) is 7.11 Å². The first-order chi connectivity index (χ1) is 11.7. The molecule has 4 heteroatoms. The number of imide groups is 1. The summed E-state index contributed by atoms with van der Waals surface area (Å²) < 4.78 is 5.46. The molecule has 0 saturated carbocycles. The highest BCUT2D eigenvalue weighted by Gasteiger charge is 2.47. The molecule has 2 aromatic rings. The molecule has 1 heterocycles. The minimum absolute atomic E-state index is 0.0526. The molecule has 0 bridgehead atoms. The van der Waals surface area contributed by atoms with E-state index in [0.29, 0.717) is 19.4 Å². The summed E-state index contributed by atoms with van der Waals surface area (Å²) in [5, 5.41) is 0. The van der Waals surface area contributed by atoms with Gasteiger partial charge in [-0.2, -0.15) is 0 Å². The van der Waals surface area contributed by atoms with E-state index in [-0.39, 0.29) is 23.7 Å². The van der Waals surface area contributed by atoms with Crippen LogP contribution in [-0.2, 0) is 22.6 Å². The van der Waals surface area contributed by atoms with E-state index < -0.39 is 0 Å². The molecule has 122 valence electrons. The molecule has 0 aromatic heterocycles. The van der Waals surface area contributed by atoms with Gasteiger partial charge in [0.2, 0.25) is 11.8 Å². The number of carbonyl (C=O) groups is 2. The number of fused-ring (bicyclic) bond motifs is 3. The van der Waals surface area contributed by atoms with E-state index in [1.54, 1.807) is 7.11 Å². The largest absolute Gasteiger partial charge is 0.496 e. The third-order valence-electron chi connectivity index (χ3n) is 5.13. The molecule has 0 spiro atoms. The summed E-state index contributed by atoms with van der Waals surface area (Å²) in [6, 6.07) is 15.6. The summed E-state index contributed by atoms with van der Waals surface area (Å²) in [6.45, 7) is 0.356. The van der Waals surface area contributed by atoms with Crippen molar-refractivity contribution in [3.63, 3.8) is 0 Å². The third kappa shape index (κ3) is 2.30. The zero-order valence-corrected chi connectivity index (χ0v) is 13.6. The number of likely N-dealkylation sites (tertiary alicyclic amines) is 1. The maximum absolute atomic E-state index is 13.0. The van der Waals surface area contributed by atoms with E-state index >= 15 is 0 Å². The van der Waals surface area contributed by atoms with Crippen LogP contribution in [0.3, 0.4) is 0 Å². The van der Waals surface area contributed by atoms with Crippen LogP contribution >= 0.6 is 0 Å². The van der Waals surface area contributed by atoms with Crippen LogP contribution in [0.25, 0.3) is 0 Å². The number of ether oxygens (including phenoxy) is 1. The van der Waals surface area contributed by atoms with Crippen molar-refractivity contribution < 1.29 is 14.3 Å². The van der Waals surface area contributed by atoms with Crippen LogP contribution in [0.4, 0.5) is 0 Å². The Hall–Kier alpha value is -2.62. The van der Waals surface area contributed by atoms with Gasteiger partial charge in [0.25, 0.3) is 0 Å². The van der Waals surface area contributed by atoms with Crippen molar-refractivity contribution in [1.29, 1.82) is 0 Å². The zero-order chi connectivity index (χ0) is 16.7. The molecule has 0 N–H and O–H groups in total. The lowest BCUT2D eigenvalue weighted by Crippen LogP contribution is -2.46. The van der Waals surface area contributed by atoms with Crippen LogP contribution in [0.15, 0.2) is 48.5 Å². The predicted octanol–water partition coefficient (Wildman–Crippen LogP) is 2.91. The van der Waals surface area contributed by atoms with Crippen LogP contribution in [0.5, 0.6) is 5.75 Å². The van der Waals surface area contributed by atoms with Gasteiger partial charge in [0.05, 0.1) is 19.6 Å². The molecule has 2 unspecified atom stereocenters. The van der Waals surface area contributed by atoms with Gasteiger partial charge in [-0.3, -0.25) is 14.5 Å². The zero-order valence-electron chi connectivity index (χ0n) is 13.6. The lowest BCUT2D eigenvalue weighted by molar-refractivity contribution is -0.153. The quantitative estimate of drug-likeness (QED) is 0.817. The van der Waals surface area contributed by atoms with Gasteiger partial charge in [-0.05, 0) is 23.6 Å². The Labute approximate surface area is 141 Å². The van der Waals surface area contributed by atoms with E-state index in [1.165, 1.54) is 4.90 Å². The molecule has 4 nitrogen and oxygen atoms in total. The Balaban J connectivity index is 1.64. The Morgan fingerprint density at radius 3 is 2.54 bits per heavy atom. The van der Waals surface area contributed by atoms with Crippen molar-refractivity contribution in [3.05, 3.63) is 65.2 Å². The van der Waals surface area contributed by atoms with Crippen molar-refractivity contribution in [2.24, 2.45) is 5.92 Å². The number of hydrogen-bond donors (Lipinski definition) is 0. The minimum atomic E-state index is -0.155. The molecule has 1 saturated heterocycles. The lowest BCUT2D eigenvalue weighted by atomic mass is 9.84. The Morgan fingerprint density at radius 2 is 1.79 bits per heavy atom. The molecule has 1 aliphatic carbocycles. The van der Waals surface area contributed by atoms with Crippen LogP contribution in [-0.4, -0.2) is 23.8 Å². The topological polar surface area (TPSA) is 46.6 Å². The summed E-state index contributed by atoms with van der Waals surface area (Å²) in [5.74, 6) is 0.431. The molecule has 2 aliphatic rings. The maximum Gasteiger partial charge on any atom is 0.233 e. The van der Waals surface area contributed by atoms with Crippen molar-refractivity contribution in [3.8, 4) is 5.75 Å². The number of hydrogen-bond acceptors (Lipinski definition) is 3. The second kappa shape index (κ2) is 5.78. The van der Waals surface area contributed by atoms with Crippen molar-refractivity contribution >= 4 is 11.8 Å². The molecule has 2 atom stereocenters. The number of carbonyl (C=O) groups excluding carboxylic acids is 2. The second-order valence-electron chi connectivity index (χ2n) is 6.46. The molecule has 1 fully saturated rings. The molecular weight excluding hydrogens is 302 g/mol. The predicted molar refractivity (Wildman–Crippen MR) is 89.5 cm³/mol. The van der Waals surface area contributed by atoms with Gasteiger partial charge < -0.3 is 4.74 Å². The van der Waals surface area contributed by atoms with Crippen LogP contribution in [0.1, 0.15) is 29.0 Å². The van der Waals surface area contributed by atoms with Gasteiger partial charge in [0.15, 0.2) is 0 Å². The number of methoxy groups -OCH3 is 1. The highest BCUT2D eigenvalue weighted by Crippen LogP contribution is 2.48. The molecule has 2 amide bonds. The second-order valence-corrected chi connectivity index (χ2v) is 6.46. The average Bonchev–Trinajstić information content (AvgIpc) is 2.98. The first-order valence-electron chi connectivity index (χ1n) is 8.23. The number of nitrogens with zero attached hydrogens (tertiary/aromatic N) is 1. The summed E-state index contributed by atoms with van der Waals surface area (Å²) in [7, 11) is 1.64. The van der Waals surface area contributed by atoms with Crippen molar-refractivity contribution in [1.82, 2.24) is 4.90 Å². The SMILES string of the molecule is COc1cccc2c1C1CC(=O)N(Cc3ccccc3)C(=O)C1C2. The fourth-order valence-electron chi connectivity index (χ4n) is 4.00. The monoisotopic (exact) mass is 321 g/mol. The number of piperidine rings is 1. The maximum atomic E-state index is 13.0. The Kier molecular flexibility index (Phi) is 3.60. The van der Waals surface area contributed by atoms with Crippen LogP contribution in [0.2, 0.25) is 0 Å². The molecule has 1 aliphatic heterocycles. The molecule has 24 heavy (non-hydrogen) atoms. The molecular formula is C20H19NO3. The summed E-state index contributed by atoms with van der Waals surface area (Å²) in [5.41, 5.74) is 3.16. The lowest BCUT2D eigenvalue weighted by Gasteiger charge is -2.33. The van der Waals surface area contributed by atoms with Gasteiger partial charge in [-0.1, -0.05) is 42.5 Å². The normalized spacial score (nSPS) is 22.3. The summed E-state index contributed by atoms with van der Waals surface area (Å²) in [6.07, 6.45) is 1.06. The highest BCUT2D eigenvalue weighted by molar-refractivity contribution is 6.00.